The van der Waals surface area contributed by atoms with Gasteiger partial charge in [0, 0.05) is 11.1 Å². The summed E-state index contributed by atoms with van der Waals surface area (Å²) in [6.45, 7) is 6.13. The quantitative estimate of drug-likeness (QED) is 0.705. The highest BCUT2D eigenvalue weighted by atomic mass is 16.3. The van der Waals surface area contributed by atoms with Crippen LogP contribution in [0.3, 0.4) is 0 Å². The summed E-state index contributed by atoms with van der Waals surface area (Å²) >= 11 is 0. The van der Waals surface area contributed by atoms with Gasteiger partial charge in [-0.05, 0) is 37.5 Å². The molecule has 0 saturated heterocycles. The van der Waals surface area contributed by atoms with Crippen LogP contribution in [0.5, 0.6) is 11.5 Å². The lowest BCUT2D eigenvalue weighted by molar-refractivity contribution is 0.0888. The first kappa shape index (κ1) is 14.4. The Kier molecular flexibility index (Phi) is 4.59. The van der Waals surface area contributed by atoms with E-state index in [-0.39, 0.29) is 22.9 Å². The number of carbonyl (C=O) groups is 1. The number of nitrogens with one attached hydrogen (secondary N) is 1. The van der Waals surface area contributed by atoms with E-state index in [1.807, 2.05) is 20.8 Å². The van der Waals surface area contributed by atoms with E-state index in [0.29, 0.717) is 5.56 Å². The molecule has 1 aromatic carbocycles. The van der Waals surface area contributed by atoms with Crippen molar-refractivity contribution in [3.05, 3.63) is 23.8 Å². The molecule has 0 saturated carbocycles. The minimum absolute atomic E-state index is 0.204. The van der Waals surface area contributed by atoms with Gasteiger partial charge in [-0.25, -0.2) is 0 Å². The Morgan fingerprint density at radius 2 is 1.67 bits per heavy atom. The highest BCUT2D eigenvalue weighted by Gasteiger charge is 2.26. The Labute approximate surface area is 108 Å². The van der Waals surface area contributed by atoms with Crippen molar-refractivity contribution < 1.29 is 15.0 Å². The second-order valence-corrected chi connectivity index (χ2v) is 4.50. The fourth-order valence-electron chi connectivity index (χ4n) is 1.99. The van der Waals surface area contributed by atoms with Crippen LogP contribution in [0.1, 0.15) is 50.4 Å². The van der Waals surface area contributed by atoms with Gasteiger partial charge >= 0.3 is 0 Å². The topological polar surface area (TPSA) is 69.6 Å². The molecule has 0 unspecified atom stereocenters. The monoisotopic (exact) mass is 251 g/mol. The van der Waals surface area contributed by atoms with Gasteiger partial charge in [0.05, 0.1) is 0 Å². The first-order valence-corrected chi connectivity index (χ1v) is 6.32. The first-order valence-electron chi connectivity index (χ1n) is 6.32. The molecule has 0 atom stereocenters. The minimum Gasteiger partial charge on any atom is -0.504 e. The minimum atomic E-state index is -0.280. The van der Waals surface area contributed by atoms with Crippen LogP contribution in [0.2, 0.25) is 0 Å². The van der Waals surface area contributed by atoms with Crippen molar-refractivity contribution in [2.45, 2.75) is 45.6 Å². The number of aromatic hydroxyl groups is 2. The van der Waals surface area contributed by atoms with Gasteiger partial charge in [0.1, 0.15) is 0 Å². The van der Waals surface area contributed by atoms with E-state index in [4.69, 9.17) is 0 Å². The van der Waals surface area contributed by atoms with Gasteiger partial charge in [-0.1, -0.05) is 20.8 Å². The Balaban J connectivity index is 2.90. The summed E-state index contributed by atoms with van der Waals surface area (Å²) in [6.07, 6.45) is 2.57. The summed E-state index contributed by atoms with van der Waals surface area (Å²) in [6, 6.07) is 4.09. The molecule has 0 aliphatic heterocycles. The van der Waals surface area contributed by atoms with Gasteiger partial charge in [0.25, 0.3) is 5.91 Å². The Bertz CT molecular complexity index is 417. The van der Waals surface area contributed by atoms with Crippen molar-refractivity contribution in [1.82, 2.24) is 5.32 Å². The summed E-state index contributed by atoms with van der Waals surface area (Å²) in [7, 11) is 0. The SMILES string of the molecule is CCC(CC)(CC)NC(=O)c1ccc(O)c(O)c1. The van der Waals surface area contributed by atoms with Crippen molar-refractivity contribution in [3.63, 3.8) is 0 Å². The molecule has 0 heterocycles. The van der Waals surface area contributed by atoms with Crippen LogP contribution in [-0.4, -0.2) is 21.7 Å². The maximum absolute atomic E-state index is 12.1. The Morgan fingerprint density at radius 1 is 1.11 bits per heavy atom. The molecular formula is C14H21NO3. The maximum Gasteiger partial charge on any atom is 0.251 e. The molecule has 0 bridgehead atoms. The average Bonchev–Trinajstić information content (AvgIpc) is 2.39. The van der Waals surface area contributed by atoms with Crippen LogP contribution >= 0.6 is 0 Å². The smallest absolute Gasteiger partial charge is 0.251 e. The highest BCUT2D eigenvalue weighted by Crippen LogP contribution is 2.26. The van der Waals surface area contributed by atoms with Crippen molar-refractivity contribution in [2.24, 2.45) is 0 Å². The Morgan fingerprint density at radius 3 is 2.11 bits per heavy atom. The van der Waals surface area contributed by atoms with E-state index < -0.39 is 0 Å². The van der Waals surface area contributed by atoms with E-state index in [9.17, 15) is 15.0 Å². The molecule has 1 aromatic rings. The van der Waals surface area contributed by atoms with Crippen LogP contribution in [-0.2, 0) is 0 Å². The molecule has 4 nitrogen and oxygen atoms in total. The number of phenols is 2. The molecule has 0 spiro atoms. The number of hydrogen-bond donors (Lipinski definition) is 3. The molecule has 0 radical (unpaired) electrons. The molecule has 0 fully saturated rings. The standard InChI is InChI=1S/C14H21NO3/c1-4-14(5-2,6-3)15-13(18)10-7-8-11(16)12(17)9-10/h7-9,16-17H,4-6H2,1-3H3,(H,15,18). The van der Waals surface area contributed by atoms with E-state index in [1.165, 1.54) is 18.2 Å². The molecule has 100 valence electrons. The number of carbonyl (C=O) groups excluding carboxylic acids is 1. The number of rotatable bonds is 5. The van der Waals surface area contributed by atoms with Crippen LogP contribution in [0.25, 0.3) is 0 Å². The van der Waals surface area contributed by atoms with Gasteiger partial charge in [-0.2, -0.15) is 0 Å². The van der Waals surface area contributed by atoms with Crippen molar-refractivity contribution in [3.8, 4) is 11.5 Å². The lowest BCUT2D eigenvalue weighted by atomic mass is 9.89. The fraction of sp³-hybridized carbons (Fsp3) is 0.500. The van der Waals surface area contributed by atoms with Gasteiger partial charge in [0.15, 0.2) is 11.5 Å². The third kappa shape index (κ3) is 2.94. The lowest BCUT2D eigenvalue weighted by Gasteiger charge is -2.31. The first-order chi connectivity index (χ1) is 8.48. The predicted molar refractivity (Wildman–Crippen MR) is 70.8 cm³/mol. The largest absolute Gasteiger partial charge is 0.504 e. The molecule has 1 amide bonds. The molecule has 0 aliphatic rings. The zero-order chi connectivity index (χ0) is 13.8. The van der Waals surface area contributed by atoms with E-state index in [2.05, 4.69) is 5.32 Å². The van der Waals surface area contributed by atoms with Crippen LogP contribution in [0, 0.1) is 0 Å². The van der Waals surface area contributed by atoms with Crippen LogP contribution < -0.4 is 5.32 Å². The third-order valence-electron chi connectivity index (χ3n) is 3.65. The summed E-state index contributed by atoms with van der Waals surface area (Å²) in [5.41, 5.74) is 0.148. The van der Waals surface area contributed by atoms with Gasteiger partial charge in [-0.3, -0.25) is 4.79 Å². The van der Waals surface area contributed by atoms with E-state index in [1.54, 1.807) is 0 Å². The number of amides is 1. The molecule has 1 rings (SSSR count). The molecule has 3 N–H and O–H groups in total. The molecule has 0 aromatic heterocycles. The normalized spacial score (nSPS) is 11.3. The van der Waals surface area contributed by atoms with Crippen molar-refractivity contribution >= 4 is 5.91 Å². The summed E-state index contributed by atoms with van der Waals surface area (Å²) in [4.78, 5) is 12.1. The average molecular weight is 251 g/mol. The number of hydrogen-bond acceptors (Lipinski definition) is 3. The van der Waals surface area contributed by atoms with E-state index in [0.717, 1.165) is 19.3 Å². The number of phenolic OH excluding ortho intramolecular Hbond substituents is 2. The molecule has 4 heteroatoms. The van der Waals surface area contributed by atoms with Crippen molar-refractivity contribution in [1.29, 1.82) is 0 Å². The molecule has 0 aliphatic carbocycles. The van der Waals surface area contributed by atoms with Gasteiger partial charge in [0.2, 0.25) is 0 Å². The van der Waals surface area contributed by atoms with Gasteiger partial charge < -0.3 is 15.5 Å². The zero-order valence-electron chi connectivity index (χ0n) is 11.2. The van der Waals surface area contributed by atoms with E-state index >= 15 is 0 Å². The van der Waals surface area contributed by atoms with Crippen molar-refractivity contribution in [2.75, 3.05) is 0 Å². The fourth-order valence-corrected chi connectivity index (χ4v) is 1.99. The van der Waals surface area contributed by atoms with Crippen LogP contribution in [0.4, 0.5) is 0 Å². The number of benzene rings is 1. The molecule has 18 heavy (non-hydrogen) atoms. The van der Waals surface area contributed by atoms with Crippen LogP contribution in [0.15, 0.2) is 18.2 Å². The second-order valence-electron chi connectivity index (χ2n) is 4.50. The zero-order valence-corrected chi connectivity index (χ0v) is 11.2. The van der Waals surface area contributed by atoms with Gasteiger partial charge in [-0.15, -0.1) is 0 Å². The predicted octanol–water partition coefficient (Wildman–Crippen LogP) is 2.80. The summed E-state index contributed by atoms with van der Waals surface area (Å²) in [5.74, 6) is -0.729. The third-order valence-corrected chi connectivity index (χ3v) is 3.65. The maximum atomic E-state index is 12.1. The molecular weight excluding hydrogens is 230 g/mol. The summed E-state index contributed by atoms with van der Waals surface area (Å²) < 4.78 is 0. The highest BCUT2D eigenvalue weighted by molar-refractivity contribution is 5.95. The second kappa shape index (κ2) is 5.76. The Hall–Kier alpha value is -1.71. The lowest BCUT2D eigenvalue weighted by Crippen LogP contribution is -2.47. The summed E-state index contributed by atoms with van der Waals surface area (Å²) in [5, 5.41) is 21.6.